The van der Waals surface area contributed by atoms with E-state index in [9.17, 15) is 18.0 Å². The summed E-state index contributed by atoms with van der Waals surface area (Å²) in [7, 11) is -4.01. The van der Waals surface area contributed by atoms with Gasteiger partial charge in [0.1, 0.15) is 18.1 Å². The minimum atomic E-state index is -4.01. The van der Waals surface area contributed by atoms with Crippen molar-refractivity contribution in [2.24, 2.45) is 5.10 Å². The molecular formula is C28H25BrN4O6S. The smallest absolute Gasteiger partial charge is 0.264 e. The van der Waals surface area contributed by atoms with Crippen LogP contribution in [0.4, 0.5) is 5.69 Å². The topological polar surface area (TPSA) is 130 Å². The molecule has 206 valence electrons. The third-order valence-electron chi connectivity index (χ3n) is 5.43. The molecule has 40 heavy (non-hydrogen) atoms. The molecule has 4 aromatic rings. The lowest BCUT2D eigenvalue weighted by Gasteiger charge is -2.23. The van der Waals surface area contributed by atoms with E-state index in [0.717, 1.165) is 8.78 Å². The average Bonchev–Trinajstić information content (AvgIpc) is 3.49. The number of anilines is 1. The van der Waals surface area contributed by atoms with Crippen LogP contribution in [0.25, 0.3) is 0 Å². The molecule has 12 heteroatoms. The number of rotatable bonds is 12. The molecule has 3 aromatic carbocycles. The number of hydrogen-bond acceptors (Lipinski definition) is 7. The fourth-order valence-corrected chi connectivity index (χ4v) is 5.14. The summed E-state index contributed by atoms with van der Waals surface area (Å²) in [4.78, 5) is 24.7. The molecule has 0 unspecified atom stereocenters. The van der Waals surface area contributed by atoms with E-state index in [4.69, 9.17) is 9.15 Å². The molecule has 0 aliphatic carbocycles. The molecule has 0 atom stereocenters. The van der Waals surface area contributed by atoms with E-state index in [1.54, 1.807) is 78.9 Å². The number of benzene rings is 3. The maximum Gasteiger partial charge on any atom is 0.264 e. The lowest BCUT2D eigenvalue weighted by molar-refractivity contribution is -0.123. The summed E-state index contributed by atoms with van der Waals surface area (Å²) in [5.74, 6) is 0.198. The number of halogens is 1. The Labute approximate surface area is 239 Å². The van der Waals surface area contributed by atoms with Gasteiger partial charge in [-0.15, -0.1) is 0 Å². The fraction of sp³-hybridized carbons (Fsp3) is 0.107. The van der Waals surface area contributed by atoms with E-state index in [-0.39, 0.29) is 24.0 Å². The number of hydrogen-bond donors (Lipinski definition) is 2. The molecule has 2 N–H and O–H groups in total. The Hall–Kier alpha value is -4.42. The summed E-state index contributed by atoms with van der Waals surface area (Å²) in [6, 6.07) is 24.7. The zero-order chi connectivity index (χ0) is 28.4. The SMILES string of the molecule is O=C(COc1ccc(/C=N\NC(=O)CN(c2ccc(Br)cc2)S(=O)(=O)c2ccccc2)cc1)NCc1ccco1. The van der Waals surface area contributed by atoms with Gasteiger partial charge >= 0.3 is 0 Å². The number of ether oxygens (including phenoxy) is 1. The van der Waals surface area contributed by atoms with Gasteiger partial charge in [0.15, 0.2) is 6.61 Å². The molecule has 2 amide bonds. The summed E-state index contributed by atoms with van der Waals surface area (Å²) in [5.41, 5.74) is 3.35. The number of amides is 2. The Balaban J connectivity index is 1.32. The molecule has 0 spiro atoms. The van der Waals surface area contributed by atoms with Crippen molar-refractivity contribution in [2.75, 3.05) is 17.5 Å². The molecule has 0 saturated carbocycles. The van der Waals surface area contributed by atoms with Crippen molar-refractivity contribution in [3.63, 3.8) is 0 Å². The fourth-order valence-electron chi connectivity index (χ4n) is 3.44. The van der Waals surface area contributed by atoms with Gasteiger partial charge in [0, 0.05) is 4.47 Å². The van der Waals surface area contributed by atoms with E-state index in [1.807, 2.05) is 0 Å². The third-order valence-corrected chi connectivity index (χ3v) is 7.74. The minimum absolute atomic E-state index is 0.0616. The molecule has 4 rings (SSSR count). The molecule has 0 aliphatic rings. The van der Waals surface area contributed by atoms with Crippen molar-refractivity contribution in [1.82, 2.24) is 10.7 Å². The first kappa shape index (κ1) is 28.6. The Bertz CT molecular complexity index is 1540. The number of carbonyl (C=O) groups excluding carboxylic acids is 2. The van der Waals surface area contributed by atoms with Gasteiger partial charge in [-0.05, 0) is 78.4 Å². The number of sulfonamides is 1. The first-order valence-electron chi connectivity index (χ1n) is 12.0. The second-order valence-electron chi connectivity index (χ2n) is 8.31. The van der Waals surface area contributed by atoms with Crippen LogP contribution in [0.2, 0.25) is 0 Å². The highest BCUT2D eigenvalue weighted by molar-refractivity contribution is 9.10. The van der Waals surface area contributed by atoms with Gasteiger partial charge in [0.05, 0.1) is 29.6 Å². The Morgan fingerprint density at radius 1 is 0.925 bits per heavy atom. The molecule has 0 fully saturated rings. The highest BCUT2D eigenvalue weighted by Gasteiger charge is 2.27. The molecular weight excluding hydrogens is 600 g/mol. The van der Waals surface area contributed by atoms with Crippen LogP contribution in [-0.2, 0) is 26.2 Å². The van der Waals surface area contributed by atoms with E-state index in [1.165, 1.54) is 24.6 Å². The Kier molecular flexibility index (Phi) is 9.71. The summed E-state index contributed by atoms with van der Waals surface area (Å²) in [5, 5.41) is 6.63. The van der Waals surface area contributed by atoms with Gasteiger partial charge in [-0.1, -0.05) is 34.1 Å². The van der Waals surface area contributed by atoms with Crippen molar-refractivity contribution in [3.8, 4) is 5.75 Å². The zero-order valence-corrected chi connectivity index (χ0v) is 23.5. The molecule has 1 aromatic heterocycles. The summed E-state index contributed by atoms with van der Waals surface area (Å²) < 4.78 is 39.1. The van der Waals surface area contributed by atoms with E-state index < -0.39 is 22.5 Å². The van der Waals surface area contributed by atoms with E-state index >= 15 is 0 Å². The van der Waals surface area contributed by atoms with Gasteiger partial charge in [-0.3, -0.25) is 13.9 Å². The normalized spacial score (nSPS) is 11.2. The van der Waals surface area contributed by atoms with Crippen LogP contribution in [0, 0.1) is 0 Å². The van der Waals surface area contributed by atoms with Crippen LogP contribution in [-0.4, -0.2) is 39.6 Å². The molecule has 1 heterocycles. The van der Waals surface area contributed by atoms with Crippen molar-refractivity contribution in [1.29, 1.82) is 0 Å². The van der Waals surface area contributed by atoms with Crippen molar-refractivity contribution in [3.05, 3.63) is 113 Å². The molecule has 0 radical (unpaired) electrons. The predicted octanol–water partition coefficient (Wildman–Crippen LogP) is 4.08. The monoisotopic (exact) mass is 624 g/mol. The van der Waals surface area contributed by atoms with Gasteiger partial charge in [0.2, 0.25) is 0 Å². The van der Waals surface area contributed by atoms with E-state index in [2.05, 4.69) is 31.8 Å². The van der Waals surface area contributed by atoms with Gasteiger partial charge in [0.25, 0.3) is 21.8 Å². The number of hydrazone groups is 1. The Morgan fingerprint density at radius 3 is 2.33 bits per heavy atom. The minimum Gasteiger partial charge on any atom is -0.484 e. The molecule has 0 saturated heterocycles. The van der Waals surface area contributed by atoms with Crippen LogP contribution in [0.1, 0.15) is 11.3 Å². The van der Waals surface area contributed by atoms with Crippen molar-refractivity contribution < 1.29 is 27.2 Å². The number of nitrogens with one attached hydrogen (secondary N) is 2. The highest BCUT2D eigenvalue weighted by atomic mass is 79.9. The highest BCUT2D eigenvalue weighted by Crippen LogP contribution is 2.25. The summed E-state index contributed by atoms with van der Waals surface area (Å²) >= 11 is 3.33. The standard InChI is InChI=1S/C28H25BrN4O6S/c29-22-10-12-23(13-11-22)33(40(36,37)26-6-2-1-3-7-26)19-27(34)32-31-17-21-8-14-24(15-9-21)39-20-28(35)30-18-25-5-4-16-38-25/h1-17H,18-20H2,(H,30,35)(H,32,34)/b31-17-. The second kappa shape index (κ2) is 13.6. The Morgan fingerprint density at radius 2 is 1.65 bits per heavy atom. The van der Waals surface area contributed by atoms with Crippen LogP contribution < -0.4 is 19.8 Å². The van der Waals surface area contributed by atoms with Crippen LogP contribution in [0.5, 0.6) is 5.75 Å². The van der Waals surface area contributed by atoms with Crippen molar-refractivity contribution in [2.45, 2.75) is 11.4 Å². The first-order chi connectivity index (χ1) is 19.3. The van der Waals surface area contributed by atoms with Gasteiger partial charge in [-0.25, -0.2) is 13.8 Å². The quantitative estimate of drug-likeness (QED) is 0.180. The predicted molar refractivity (Wildman–Crippen MR) is 153 cm³/mol. The van der Waals surface area contributed by atoms with Gasteiger partial charge < -0.3 is 14.5 Å². The molecule has 0 bridgehead atoms. The second-order valence-corrected chi connectivity index (χ2v) is 11.1. The zero-order valence-electron chi connectivity index (χ0n) is 21.1. The lowest BCUT2D eigenvalue weighted by Crippen LogP contribution is -2.39. The molecule has 0 aliphatic heterocycles. The number of furan rings is 1. The summed E-state index contributed by atoms with van der Waals surface area (Å²) in [6.07, 6.45) is 2.94. The van der Waals surface area contributed by atoms with Gasteiger partial charge in [-0.2, -0.15) is 5.10 Å². The van der Waals surface area contributed by atoms with Crippen LogP contribution in [0.15, 0.2) is 116 Å². The van der Waals surface area contributed by atoms with Crippen LogP contribution in [0.3, 0.4) is 0 Å². The first-order valence-corrected chi connectivity index (χ1v) is 14.2. The number of nitrogens with zero attached hydrogens (tertiary/aromatic N) is 2. The number of carbonyl (C=O) groups is 2. The molecule has 10 nitrogen and oxygen atoms in total. The average molecular weight is 626 g/mol. The lowest BCUT2D eigenvalue weighted by atomic mass is 10.2. The van der Waals surface area contributed by atoms with Crippen molar-refractivity contribution >= 4 is 49.7 Å². The third kappa shape index (κ3) is 8.04. The maximum atomic E-state index is 13.3. The largest absolute Gasteiger partial charge is 0.484 e. The maximum absolute atomic E-state index is 13.3. The summed E-state index contributed by atoms with van der Waals surface area (Å²) in [6.45, 7) is -0.370. The van der Waals surface area contributed by atoms with Crippen LogP contribution >= 0.6 is 15.9 Å². The van der Waals surface area contributed by atoms with E-state index in [0.29, 0.717) is 22.8 Å².